The van der Waals surface area contributed by atoms with E-state index in [1.54, 1.807) is 12.2 Å². The molecule has 0 aliphatic rings. The van der Waals surface area contributed by atoms with Crippen LogP contribution in [0.5, 0.6) is 0 Å². The van der Waals surface area contributed by atoms with Crippen LogP contribution in [0.25, 0.3) is 6.08 Å². The van der Waals surface area contributed by atoms with Crippen LogP contribution >= 0.6 is 15.9 Å². The van der Waals surface area contributed by atoms with Gasteiger partial charge in [0.2, 0.25) is 5.91 Å². The van der Waals surface area contributed by atoms with Crippen molar-refractivity contribution >= 4 is 27.9 Å². The van der Waals surface area contributed by atoms with Crippen LogP contribution in [0.4, 0.5) is 0 Å². The maximum Gasteiger partial charge on any atom is 0.244 e. The smallest absolute Gasteiger partial charge is 0.244 e. The lowest BCUT2D eigenvalue weighted by molar-refractivity contribution is -0.116. The van der Waals surface area contributed by atoms with Crippen LogP contribution in [0.3, 0.4) is 0 Å². The van der Waals surface area contributed by atoms with Crippen molar-refractivity contribution in [3.8, 4) is 0 Å². The molecule has 3 heteroatoms. The van der Waals surface area contributed by atoms with Gasteiger partial charge in [0.05, 0.1) is 0 Å². The van der Waals surface area contributed by atoms with Gasteiger partial charge < -0.3 is 5.32 Å². The first kappa shape index (κ1) is 13.6. The SMILES string of the molecule is O=C(/C=C/c1ccccc1)NCc1ccc(Br)cc1. The van der Waals surface area contributed by atoms with Crippen molar-refractivity contribution in [3.05, 3.63) is 76.3 Å². The van der Waals surface area contributed by atoms with E-state index >= 15 is 0 Å². The Kier molecular flexibility index (Phi) is 4.93. The monoisotopic (exact) mass is 315 g/mol. The third kappa shape index (κ3) is 4.72. The number of rotatable bonds is 4. The fourth-order valence-corrected chi connectivity index (χ4v) is 1.85. The van der Waals surface area contributed by atoms with Gasteiger partial charge in [0.1, 0.15) is 0 Å². The van der Waals surface area contributed by atoms with Crippen molar-refractivity contribution in [2.24, 2.45) is 0 Å². The summed E-state index contributed by atoms with van der Waals surface area (Å²) in [6.07, 6.45) is 3.35. The van der Waals surface area contributed by atoms with Gasteiger partial charge in [-0.15, -0.1) is 0 Å². The summed E-state index contributed by atoms with van der Waals surface area (Å²) in [5.74, 6) is -0.0910. The molecule has 2 aromatic rings. The largest absolute Gasteiger partial charge is 0.348 e. The zero-order valence-electron chi connectivity index (χ0n) is 10.3. The highest BCUT2D eigenvalue weighted by molar-refractivity contribution is 9.10. The average molecular weight is 316 g/mol. The highest BCUT2D eigenvalue weighted by Gasteiger charge is 1.96. The van der Waals surface area contributed by atoms with Gasteiger partial charge in [0.15, 0.2) is 0 Å². The molecule has 0 saturated heterocycles. The molecule has 96 valence electrons. The van der Waals surface area contributed by atoms with Gasteiger partial charge in [-0.25, -0.2) is 0 Å². The number of carbonyl (C=O) groups excluding carboxylic acids is 1. The lowest BCUT2D eigenvalue weighted by atomic mass is 10.2. The molecule has 0 radical (unpaired) electrons. The molecule has 0 fully saturated rings. The first-order valence-electron chi connectivity index (χ1n) is 5.99. The van der Waals surface area contributed by atoms with Gasteiger partial charge >= 0.3 is 0 Å². The first-order valence-corrected chi connectivity index (χ1v) is 6.79. The summed E-state index contributed by atoms with van der Waals surface area (Å²) in [5.41, 5.74) is 2.09. The lowest BCUT2D eigenvalue weighted by Crippen LogP contribution is -2.20. The number of amides is 1. The number of carbonyl (C=O) groups is 1. The predicted molar refractivity (Wildman–Crippen MR) is 81.5 cm³/mol. The highest BCUT2D eigenvalue weighted by atomic mass is 79.9. The van der Waals surface area contributed by atoms with E-state index in [-0.39, 0.29) is 5.91 Å². The van der Waals surface area contributed by atoms with Crippen LogP contribution in [-0.2, 0) is 11.3 Å². The van der Waals surface area contributed by atoms with Gasteiger partial charge in [0.25, 0.3) is 0 Å². The van der Waals surface area contributed by atoms with Crippen molar-refractivity contribution in [2.45, 2.75) is 6.54 Å². The molecule has 0 bridgehead atoms. The van der Waals surface area contributed by atoms with Gasteiger partial charge in [-0.2, -0.15) is 0 Å². The van der Waals surface area contributed by atoms with Crippen molar-refractivity contribution in [3.63, 3.8) is 0 Å². The van der Waals surface area contributed by atoms with Gasteiger partial charge in [0, 0.05) is 17.1 Å². The fraction of sp³-hybridized carbons (Fsp3) is 0.0625. The molecule has 1 amide bonds. The van der Waals surface area contributed by atoms with Crippen LogP contribution < -0.4 is 5.32 Å². The summed E-state index contributed by atoms with van der Waals surface area (Å²) in [5, 5.41) is 2.85. The topological polar surface area (TPSA) is 29.1 Å². The van der Waals surface area contributed by atoms with Crippen LogP contribution in [0, 0.1) is 0 Å². The third-order valence-electron chi connectivity index (χ3n) is 2.61. The van der Waals surface area contributed by atoms with E-state index < -0.39 is 0 Å². The molecular formula is C16H14BrNO. The maximum absolute atomic E-state index is 11.6. The molecule has 0 spiro atoms. The highest BCUT2D eigenvalue weighted by Crippen LogP contribution is 2.10. The molecule has 0 aromatic heterocycles. The summed E-state index contributed by atoms with van der Waals surface area (Å²) in [6.45, 7) is 0.533. The van der Waals surface area contributed by atoms with E-state index in [1.807, 2.05) is 54.6 Å². The fourth-order valence-electron chi connectivity index (χ4n) is 1.59. The van der Waals surface area contributed by atoms with Gasteiger partial charge in [-0.1, -0.05) is 58.4 Å². The van der Waals surface area contributed by atoms with Crippen LogP contribution in [-0.4, -0.2) is 5.91 Å². The van der Waals surface area contributed by atoms with Gasteiger partial charge in [-0.05, 0) is 29.3 Å². The summed E-state index contributed by atoms with van der Waals surface area (Å²) in [6, 6.07) is 17.6. The molecular weight excluding hydrogens is 302 g/mol. The Labute approximate surface area is 121 Å². The number of hydrogen-bond donors (Lipinski definition) is 1. The van der Waals surface area contributed by atoms with Gasteiger partial charge in [-0.3, -0.25) is 4.79 Å². The van der Waals surface area contributed by atoms with Crippen molar-refractivity contribution < 1.29 is 4.79 Å². The Morgan fingerprint density at radius 3 is 2.42 bits per heavy atom. The van der Waals surface area contributed by atoms with E-state index in [2.05, 4.69) is 21.2 Å². The number of halogens is 1. The van der Waals surface area contributed by atoms with E-state index in [4.69, 9.17) is 0 Å². The van der Waals surface area contributed by atoms with Crippen molar-refractivity contribution in [2.75, 3.05) is 0 Å². The van der Waals surface area contributed by atoms with Crippen molar-refractivity contribution in [1.82, 2.24) is 5.32 Å². The molecule has 2 aromatic carbocycles. The molecule has 0 heterocycles. The molecule has 1 N–H and O–H groups in total. The number of benzene rings is 2. The molecule has 2 nitrogen and oxygen atoms in total. The minimum absolute atomic E-state index is 0.0910. The van der Waals surface area contributed by atoms with Crippen LogP contribution in [0.1, 0.15) is 11.1 Å². The second-order valence-corrected chi connectivity index (χ2v) is 5.00. The summed E-state index contributed by atoms with van der Waals surface area (Å²) in [4.78, 5) is 11.6. The second-order valence-electron chi connectivity index (χ2n) is 4.09. The lowest BCUT2D eigenvalue weighted by Gasteiger charge is -2.02. The normalized spacial score (nSPS) is 10.6. The minimum atomic E-state index is -0.0910. The molecule has 0 aliphatic heterocycles. The average Bonchev–Trinajstić information content (AvgIpc) is 2.45. The maximum atomic E-state index is 11.6. The molecule has 0 unspecified atom stereocenters. The van der Waals surface area contributed by atoms with E-state index in [1.165, 1.54) is 0 Å². The molecule has 19 heavy (non-hydrogen) atoms. The van der Waals surface area contributed by atoms with E-state index in [9.17, 15) is 4.79 Å². The van der Waals surface area contributed by atoms with Crippen LogP contribution in [0.15, 0.2) is 65.1 Å². The van der Waals surface area contributed by atoms with E-state index in [0.29, 0.717) is 6.54 Å². The van der Waals surface area contributed by atoms with Crippen LogP contribution in [0.2, 0.25) is 0 Å². The number of hydrogen-bond acceptors (Lipinski definition) is 1. The minimum Gasteiger partial charge on any atom is -0.348 e. The number of nitrogens with one attached hydrogen (secondary N) is 1. The third-order valence-corrected chi connectivity index (χ3v) is 3.14. The standard InChI is InChI=1S/C16H14BrNO/c17-15-9-6-14(7-10-15)12-18-16(19)11-8-13-4-2-1-3-5-13/h1-11H,12H2,(H,18,19)/b11-8+. The Balaban J connectivity index is 1.85. The quantitative estimate of drug-likeness (QED) is 0.855. The summed E-state index contributed by atoms with van der Waals surface area (Å²) in [7, 11) is 0. The van der Waals surface area contributed by atoms with E-state index in [0.717, 1.165) is 15.6 Å². The molecule has 0 saturated carbocycles. The van der Waals surface area contributed by atoms with Crippen molar-refractivity contribution in [1.29, 1.82) is 0 Å². The summed E-state index contributed by atoms with van der Waals surface area (Å²) < 4.78 is 1.03. The Bertz CT molecular complexity index is 561. The Morgan fingerprint density at radius 1 is 1.05 bits per heavy atom. The molecule has 0 aliphatic carbocycles. The Morgan fingerprint density at radius 2 is 1.74 bits per heavy atom. The molecule has 0 atom stereocenters. The first-order chi connectivity index (χ1) is 9.24. The second kappa shape index (κ2) is 6.90. The molecule has 2 rings (SSSR count). The Hall–Kier alpha value is -1.87. The predicted octanol–water partition coefficient (Wildman–Crippen LogP) is 3.78. The zero-order chi connectivity index (χ0) is 13.5. The zero-order valence-corrected chi connectivity index (χ0v) is 11.9. The summed E-state index contributed by atoms with van der Waals surface area (Å²) >= 11 is 3.38.